The Morgan fingerprint density at radius 2 is 1.48 bits per heavy atom. The molecule has 1 unspecified atom stereocenters. The topological polar surface area (TPSA) is 32.3 Å². The number of hydrogen-bond acceptors (Lipinski definition) is 2. The van der Waals surface area contributed by atoms with Crippen LogP contribution in [0.25, 0.3) is 0 Å². The first-order valence-electron chi connectivity index (χ1n) is 9.42. The van der Waals surface area contributed by atoms with E-state index in [1.54, 1.807) is 0 Å². The van der Waals surface area contributed by atoms with Crippen LogP contribution in [0.2, 0.25) is 0 Å². The SMILES string of the molecule is O=C(CN1CCCCCC1)NC(Cc1ccccc1)c1ccccc1. The number of likely N-dealkylation sites (tertiary alicyclic amines) is 1. The lowest BCUT2D eigenvalue weighted by atomic mass is 9.99. The molecule has 0 aromatic heterocycles. The molecule has 3 heteroatoms. The fraction of sp³-hybridized carbons (Fsp3) is 0.409. The minimum Gasteiger partial charge on any atom is -0.348 e. The van der Waals surface area contributed by atoms with E-state index in [0.29, 0.717) is 6.54 Å². The van der Waals surface area contributed by atoms with Crippen LogP contribution in [0.4, 0.5) is 0 Å². The van der Waals surface area contributed by atoms with Crippen molar-refractivity contribution < 1.29 is 4.79 Å². The van der Waals surface area contributed by atoms with E-state index in [0.717, 1.165) is 25.1 Å². The highest BCUT2D eigenvalue weighted by molar-refractivity contribution is 5.78. The summed E-state index contributed by atoms with van der Waals surface area (Å²) in [5.74, 6) is 0.131. The van der Waals surface area contributed by atoms with E-state index in [-0.39, 0.29) is 11.9 Å². The van der Waals surface area contributed by atoms with Gasteiger partial charge in [0.05, 0.1) is 12.6 Å². The van der Waals surface area contributed by atoms with E-state index in [2.05, 4.69) is 46.6 Å². The van der Waals surface area contributed by atoms with E-state index in [9.17, 15) is 4.79 Å². The van der Waals surface area contributed by atoms with Gasteiger partial charge in [-0.25, -0.2) is 0 Å². The Bertz CT molecular complexity index is 634. The third-order valence-corrected chi connectivity index (χ3v) is 4.89. The number of hydrogen-bond donors (Lipinski definition) is 1. The van der Waals surface area contributed by atoms with E-state index in [1.165, 1.54) is 31.2 Å². The maximum atomic E-state index is 12.6. The predicted molar refractivity (Wildman–Crippen MR) is 102 cm³/mol. The minimum absolute atomic E-state index is 0.0167. The summed E-state index contributed by atoms with van der Waals surface area (Å²) in [6.07, 6.45) is 5.81. The quantitative estimate of drug-likeness (QED) is 0.866. The molecule has 0 aliphatic carbocycles. The Kier molecular flexibility index (Phi) is 6.63. The summed E-state index contributed by atoms with van der Waals surface area (Å²) < 4.78 is 0. The van der Waals surface area contributed by atoms with Crippen LogP contribution in [0.5, 0.6) is 0 Å². The first-order valence-corrected chi connectivity index (χ1v) is 9.42. The second kappa shape index (κ2) is 9.38. The number of nitrogens with zero attached hydrogens (tertiary/aromatic N) is 1. The van der Waals surface area contributed by atoms with Crippen LogP contribution in [0, 0.1) is 0 Å². The van der Waals surface area contributed by atoms with E-state index >= 15 is 0 Å². The summed E-state index contributed by atoms with van der Waals surface area (Å²) in [6, 6.07) is 20.7. The van der Waals surface area contributed by atoms with Gasteiger partial charge in [0, 0.05) is 0 Å². The van der Waals surface area contributed by atoms with Crippen LogP contribution < -0.4 is 5.32 Å². The highest BCUT2D eigenvalue weighted by atomic mass is 16.2. The first-order chi connectivity index (χ1) is 12.3. The number of nitrogens with one attached hydrogen (secondary N) is 1. The number of benzene rings is 2. The van der Waals surface area contributed by atoms with E-state index in [1.807, 2.05) is 24.3 Å². The molecule has 2 aromatic rings. The van der Waals surface area contributed by atoms with Crippen molar-refractivity contribution in [2.24, 2.45) is 0 Å². The van der Waals surface area contributed by atoms with Gasteiger partial charge in [-0.1, -0.05) is 73.5 Å². The number of carbonyl (C=O) groups excluding carboxylic acids is 1. The standard InChI is InChI=1S/C22H28N2O/c25-22(18-24-15-9-1-2-10-16-24)23-21(20-13-7-4-8-14-20)17-19-11-5-3-6-12-19/h3-8,11-14,21H,1-2,9-10,15-18H2,(H,23,25). The molecule has 0 saturated carbocycles. The summed E-state index contributed by atoms with van der Waals surface area (Å²) in [5, 5.41) is 3.27. The third kappa shape index (κ3) is 5.71. The number of amides is 1. The van der Waals surface area contributed by atoms with Crippen molar-refractivity contribution >= 4 is 5.91 Å². The van der Waals surface area contributed by atoms with Crippen molar-refractivity contribution in [3.8, 4) is 0 Å². The molecule has 132 valence electrons. The maximum absolute atomic E-state index is 12.6. The zero-order valence-corrected chi connectivity index (χ0v) is 14.9. The average Bonchev–Trinajstić information content (AvgIpc) is 2.91. The van der Waals surface area contributed by atoms with Gasteiger partial charge in [-0.3, -0.25) is 9.69 Å². The zero-order valence-electron chi connectivity index (χ0n) is 14.9. The second-order valence-corrected chi connectivity index (χ2v) is 6.91. The van der Waals surface area contributed by atoms with E-state index in [4.69, 9.17) is 0 Å². The van der Waals surface area contributed by atoms with Crippen LogP contribution in [-0.4, -0.2) is 30.4 Å². The van der Waals surface area contributed by atoms with Crippen LogP contribution in [0.15, 0.2) is 60.7 Å². The van der Waals surface area contributed by atoms with Gasteiger partial charge in [0.15, 0.2) is 0 Å². The van der Waals surface area contributed by atoms with Crippen LogP contribution in [0.1, 0.15) is 42.9 Å². The summed E-state index contributed by atoms with van der Waals surface area (Å²) in [5.41, 5.74) is 2.40. The highest BCUT2D eigenvalue weighted by Crippen LogP contribution is 2.18. The molecule has 1 N–H and O–H groups in total. The Morgan fingerprint density at radius 3 is 2.12 bits per heavy atom. The van der Waals surface area contributed by atoms with Gasteiger partial charge in [0.1, 0.15) is 0 Å². The lowest BCUT2D eigenvalue weighted by Crippen LogP contribution is -2.39. The van der Waals surface area contributed by atoms with Crippen molar-refractivity contribution in [2.75, 3.05) is 19.6 Å². The van der Waals surface area contributed by atoms with Crippen LogP contribution >= 0.6 is 0 Å². The fourth-order valence-electron chi connectivity index (χ4n) is 3.52. The van der Waals surface area contributed by atoms with Gasteiger partial charge in [-0.15, -0.1) is 0 Å². The minimum atomic E-state index is 0.0167. The fourth-order valence-corrected chi connectivity index (χ4v) is 3.52. The summed E-state index contributed by atoms with van der Waals surface area (Å²) >= 11 is 0. The summed E-state index contributed by atoms with van der Waals surface area (Å²) in [6.45, 7) is 2.60. The number of rotatable bonds is 6. The molecule has 25 heavy (non-hydrogen) atoms. The molecule has 1 saturated heterocycles. The highest BCUT2D eigenvalue weighted by Gasteiger charge is 2.18. The molecule has 1 heterocycles. The summed E-state index contributed by atoms with van der Waals surface area (Å²) in [4.78, 5) is 14.9. The molecule has 1 fully saturated rings. The molecule has 1 amide bonds. The summed E-state index contributed by atoms with van der Waals surface area (Å²) in [7, 11) is 0. The lowest BCUT2D eigenvalue weighted by Gasteiger charge is -2.23. The largest absolute Gasteiger partial charge is 0.348 e. The smallest absolute Gasteiger partial charge is 0.234 e. The molecule has 0 spiro atoms. The molecule has 1 aliphatic heterocycles. The lowest BCUT2D eigenvalue weighted by molar-refractivity contribution is -0.123. The molecular formula is C22H28N2O. The molecule has 0 bridgehead atoms. The van der Waals surface area contributed by atoms with Gasteiger partial charge in [-0.05, 0) is 43.5 Å². The van der Waals surface area contributed by atoms with Crippen LogP contribution in [0.3, 0.4) is 0 Å². The molecule has 3 rings (SSSR count). The second-order valence-electron chi connectivity index (χ2n) is 6.91. The van der Waals surface area contributed by atoms with E-state index < -0.39 is 0 Å². The van der Waals surface area contributed by atoms with Crippen molar-refractivity contribution in [1.29, 1.82) is 0 Å². The molecule has 3 nitrogen and oxygen atoms in total. The monoisotopic (exact) mass is 336 g/mol. The molecule has 2 aromatic carbocycles. The molecule has 1 aliphatic rings. The average molecular weight is 336 g/mol. The van der Waals surface area contributed by atoms with Crippen molar-refractivity contribution in [1.82, 2.24) is 10.2 Å². The number of carbonyl (C=O) groups is 1. The predicted octanol–water partition coefficient (Wildman–Crippen LogP) is 3.96. The first kappa shape index (κ1) is 17.7. The third-order valence-electron chi connectivity index (χ3n) is 4.89. The van der Waals surface area contributed by atoms with Gasteiger partial charge < -0.3 is 5.32 Å². The van der Waals surface area contributed by atoms with Gasteiger partial charge in [0.25, 0.3) is 0 Å². The van der Waals surface area contributed by atoms with Crippen molar-refractivity contribution in [3.05, 3.63) is 71.8 Å². The normalized spacial score (nSPS) is 16.8. The van der Waals surface area contributed by atoms with Crippen LogP contribution in [-0.2, 0) is 11.2 Å². The zero-order chi connectivity index (χ0) is 17.3. The van der Waals surface area contributed by atoms with Crippen molar-refractivity contribution in [2.45, 2.75) is 38.1 Å². The Balaban J connectivity index is 1.65. The maximum Gasteiger partial charge on any atom is 0.234 e. The molecule has 1 atom stereocenters. The van der Waals surface area contributed by atoms with Gasteiger partial charge >= 0.3 is 0 Å². The Morgan fingerprint density at radius 1 is 0.880 bits per heavy atom. The Labute approximate surface area is 151 Å². The Hall–Kier alpha value is -2.13. The van der Waals surface area contributed by atoms with Gasteiger partial charge in [0.2, 0.25) is 5.91 Å². The molecule has 0 radical (unpaired) electrons. The molecular weight excluding hydrogens is 308 g/mol. The van der Waals surface area contributed by atoms with Crippen molar-refractivity contribution in [3.63, 3.8) is 0 Å². The van der Waals surface area contributed by atoms with Gasteiger partial charge in [-0.2, -0.15) is 0 Å².